The Balaban J connectivity index is 1.63. The summed E-state index contributed by atoms with van der Waals surface area (Å²) in [6, 6.07) is 10.5. The van der Waals surface area contributed by atoms with Crippen LogP contribution in [-0.2, 0) is 0 Å². The van der Waals surface area contributed by atoms with Gasteiger partial charge in [-0.1, -0.05) is 6.07 Å². The van der Waals surface area contributed by atoms with E-state index in [2.05, 4.69) is 10.6 Å². The monoisotopic (exact) mass is 401 g/mol. The number of ether oxygens (including phenoxy) is 2. The molecule has 9 heteroatoms. The standard InChI is InChI=1S/C20H24N4O5/c1-24(2)17-12-18(15(21)11-16(17)23-19(24)25)29-14-7-5-6-13(10-14)28-9-4-3-8-22-20(26)27/h5-7,10-12,22H,3-4,8-9,21H2,1-2H3,(H-,23,25,26,27)/p+1. The molecule has 0 spiro atoms. The van der Waals surface area contributed by atoms with Crippen LogP contribution in [0.25, 0.3) is 0 Å². The Morgan fingerprint density at radius 2 is 1.97 bits per heavy atom. The molecule has 9 nitrogen and oxygen atoms in total. The Morgan fingerprint density at radius 3 is 2.72 bits per heavy atom. The summed E-state index contributed by atoms with van der Waals surface area (Å²) >= 11 is 0. The van der Waals surface area contributed by atoms with Crippen molar-refractivity contribution >= 4 is 29.2 Å². The number of nitrogens with two attached hydrogens (primary N) is 1. The molecule has 1 aliphatic heterocycles. The van der Waals surface area contributed by atoms with E-state index in [1.807, 2.05) is 12.1 Å². The van der Waals surface area contributed by atoms with Crippen molar-refractivity contribution in [2.45, 2.75) is 12.8 Å². The van der Waals surface area contributed by atoms with Crippen molar-refractivity contribution in [3.8, 4) is 17.2 Å². The Hall–Kier alpha value is -3.46. The number of hydrogen-bond acceptors (Lipinski definition) is 5. The highest BCUT2D eigenvalue weighted by Crippen LogP contribution is 2.43. The summed E-state index contributed by atoms with van der Waals surface area (Å²) in [5.74, 6) is 1.66. The second-order valence-corrected chi connectivity index (χ2v) is 7.16. The fraction of sp³-hybridized carbons (Fsp3) is 0.300. The van der Waals surface area contributed by atoms with Gasteiger partial charge in [-0.05, 0) is 31.0 Å². The summed E-state index contributed by atoms with van der Waals surface area (Å²) < 4.78 is 11.7. The average Bonchev–Trinajstić information content (AvgIpc) is 2.87. The van der Waals surface area contributed by atoms with Gasteiger partial charge < -0.3 is 25.6 Å². The number of benzene rings is 2. The van der Waals surface area contributed by atoms with Crippen molar-refractivity contribution in [3.05, 3.63) is 36.4 Å². The van der Waals surface area contributed by atoms with Crippen molar-refractivity contribution in [2.75, 3.05) is 38.3 Å². The molecule has 0 bridgehead atoms. The zero-order chi connectivity index (χ0) is 21.0. The lowest BCUT2D eigenvalue weighted by Gasteiger charge is -2.19. The largest absolute Gasteiger partial charge is 0.493 e. The van der Waals surface area contributed by atoms with Crippen LogP contribution in [0.2, 0.25) is 0 Å². The Morgan fingerprint density at radius 1 is 1.21 bits per heavy atom. The molecular formula is C20H25N4O5+. The van der Waals surface area contributed by atoms with Crippen LogP contribution >= 0.6 is 0 Å². The van der Waals surface area contributed by atoms with Crippen LogP contribution in [0.1, 0.15) is 12.8 Å². The quantitative estimate of drug-likeness (QED) is 0.304. The van der Waals surface area contributed by atoms with Crippen LogP contribution in [0.15, 0.2) is 36.4 Å². The van der Waals surface area contributed by atoms with Crippen LogP contribution in [0.5, 0.6) is 17.2 Å². The minimum Gasteiger partial charge on any atom is -0.493 e. The van der Waals surface area contributed by atoms with E-state index in [0.29, 0.717) is 48.2 Å². The topological polar surface area (TPSA) is 123 Å². The number of rotatable bonds is 8. The zero-order valence-corrected chi connectivity index (χ0v) is 16.4. The molecule has 0 saturated carbocycles. The van der Waals surface area contributed by atoms with Crippen LogP contribution in [-0.4, -0.2) is 44.5 Å². The number of amides is 3. The van der Waals surface area contributed by atoms with E-state index >= 15 is 0 Å². The minimum atomic E-state index is -1.02. The van der Waals surface area contributed by atoms with Gasteiger partial charge in [0.05, 0.1) is 26.4 Å². The molecule has 3 rings (SSSR count). The van der Waals surface area contributed by atoms with E-state index in [9.17, 15) is 9.59 Å². The fourth-order valence-electron chi connectivity index (χ4n) is 2.97. The average molecular weight is 401 g/mol. The third kappa shape index (κ3) is 4.69. The number of fused-ring (bicyclic) bond motifs is 1. The van der Waals surface area contributed by atoms with Gasteiger partial charge in [0.2, 0.25) is 0 Å². The number of anilines is 2. The molecule has 0 aromatic heterocycles. The van der Waals surface area contributed by atoms with Gasteiger partial charge in [0.15, 0.2) is 11.4 Å². The Labute approximate surface area is 168 Å². The SMILES string of the molecule is C[N+]1(C)C(=O)Nc2cc(N)c(Oc3cccc(OCCCCNC(=O)O)c3)cc21. The molecule has 2 aromatic carbocycles. The van der Waals surface area contributed by atoms with Gasteiger partial charge in [-0.3, -0.25) is 5.32 Å². The number of unbranched alkanes of at least 4 members (excludes halogenated alkanes) is 1. The van der Waals surface area contributed by atoms with Gasteiger partial charge in [-0.15, -0.1) is 0 Å². The number of carbonyl (C=O) groups is 2. The lowest BCUT2D eigenvalue weighted by atomic mass is 10.2. The summed E-state index contributed by atoms with van der Waals surface area (Å²) in [5, 5.41) is 13.7. The summed E-state index contributed by atoms with van der Waals surface area (Å²) in [6.07, 6.45) is 0.385. The third-order valence-corrected chi connectivity index (χ3v) is 4.63. The molecule has 154 valence electrons. The molecule has 0 saturated heterocycles. The van der Waals surface area contributed by atoms with E-state index in [4.69, 9.17) is 20.3 Å². The van der Waals surface area contributed by atoms with Crippen molar-refractivity contribution in [2.24, 2.45) is 0 Å². The predicted octanol–water partition coefficient (Wildman–Crippen LogP) is 3.60. The van der Waals surface area contributed by atoms with Crippen LogP contribution in [0, 0.1) is 0 Å². The van der Waals surface area contributed by atoms with Gasteiger partial charge in [0, 0.05) is 18.7 Å². The maximum atomic E-state index is 12.1. The summed E-state index contributed by atoms with van der Waals surface area (Å²) in [5.41, 5.74) is 7.98. The highest BCUT2D eigenvalue weighted by atomic mass is 16.5. The van der Waals surface area contributed by atoms with E-state index in [-0.39, 0.29) is 10.5 Å². The molecule has 0 radical (unpaired) electrons. The first-order chi connectivity index (χ1) is 13.8. The maximum absolute atomic E-state index is 12.1. The first-order valence-electron chi connectivity index (χ1n) is 9.24. The number of hydrogen-bond donors (Lipinski definition) is 4. The molecule has 3 amide bonds. The molecule has 5 N–H and O–H groups in total. The van der Waals surface area contributed by atoms with Crippen molar-refractivity contribution in [1.82, 2.24) is 9.80 Å². The van der Waals surface area contributed by atoms with Crippen molar-refractivity contribution < 1.29 is 24.2 Å². The molecule has 0 fully saturated rings. The predicted molar refractivity (Wildman–Crippen MR) is 111 cm³/mol. The molecule has 0 unspecified atom stereocenters. The van der Waals surface area contributed by atoms with E-state index in [0.717, 1.165) is 12.1 Å². The van der Waals surface area contributed by atoms with Crippen LogP contribution < -0.4 is 30.3 Å². The Kier molecular flexibility index (Phi) is 5.79. The second kappa shape index (κ2) is 8.27. The first-order valence-corrected chi connectivity index (χ1v) is 9.24. The number of urea groups is 1. The van der Waals surface area contributed by atoms with E-state index < -0.39 is 6.09 Å². The number of nitrogen functional groups attached to an aromatic ring is 1. The number of nitrogens with one attached hydrogen (secondary N) is 2. The highest BCUT2D eigenvalue weighted by Gasteiger charge is 2.40. The molecule has 1 heterocycles. The van der Waals surface area contributed by atoms with Gasteiger partial charge in [0.25, 0.3) is 0 Å². The maximum Gasteiger partial charge on any atom is 0.425 e. The number of carbonyl (C=O) groups excluding carboxylic acids is 1. The molecular weight excluding hydrogens is 376 g/mol. The Bertz CT molecular complexity index is 929. The normalized spacial score (nSPS) is 14.1. The molecule has 0 atom stereocenters. The summed E-state index contributed by atoms with van der Waals surface area (Å²) in [4.78, 5) is 22.5. The second-order valence-electron chi connectivity index (χ2n) is 7.16. The van der Waals surface area contributed by atoms with Crippen molar-refractivity contribution in [1.29, 1.82) is 0 Å². The van der Waals surface area contributed by atoms with Gasteiger partial charge in [-0.25, -0.2) is 14.1 Å². The lowest BCUT2D eigenvalue weighted by Crippen LogP contribution is -2.44. The van der Waals surface area contributed by atoms with Gasteiger partial charge in [-0.2, -0.15) is 0 Å². The molecule has 2 aromatic rings. The van der Waals surface area contributed by atoms with Gasteiger partial charge in [0.1, 0.15) is 17.2 Å². The van der Waals surface area contributed by atoms with Crippen molar-refractivity contribution in [3.63, 3.8) is 0 Å². The van der Waals surface area contributed by atoms with Crippen LogP contribution in [0.3, 0.4) is 0 Å². The van der Waals surface area contributed by atoms with Crippen LogP contribution in [0.4, 0.5) is 26.7 Å². The molecule has 1 aliphatic rings. The minimum absolute atomic E-state index is 0.0614. The lowest BCUT2D eigenvalue weighted by molar-refractivity contribution is 0.194. The van der Waals surface area contributed by atoms with Gasteiger partial charge >= 0.3 is 12.1 Å². The highest BCUT2D eigenvalue weighted by molar-refractivity contribution is 6.08. The number of carboxylic acid groups (broad SMARTS) is 1. The molecule has 0 aliphatic carbocycles. The molecule has 29 heavy (non-hydrogen) atoms. The third-order valence-electron chi connectivity index (χ3n) is 4.63. The van der Waals surface area contributed by atoms with E-state index in [1.54, 1.807) is 38.4 Å². The fourth-order valence-corrected chi connectivity index (χ4v) is 2.97. The number of nitrogens with zero attached hydrogens (tertiary/aromatic N) is 1. The smallest absolute Gasteiger partial charge is 0.425 e. The first kappa shape index (κ1) is 20.3. The summed E-state index contributed by atoms with van der Waals surface area (Å²) in [7, 11) is 3.59. The summed E-state index contributed by atoms with van der Waals surface area (Å²) in [6.45, 7) is 0.858. The zero-order valence-electron chi connectivity index (χ0n) is 16.4. The number of quaternary nitrogens is 1. The van der Waals surface area contributed by atoms with E-state index in [1.165, 1.54) is 0 Å².